The Balaban J connectivity index is 2.53. The summed E-state index contributed by atoms with van der Waals surface area (Å²) < 4.78 is 5.20. The van der Waals surface area contributed by atoms with Crippen molar-refractivity contribution in [3.63, 3.8) is 0 Å². The lowest BCUT2D eigenvalue weighted by Crippen LogP contribution is -2.48. The van der Waals surface area contributed by atoms with E-state index in [2.05, 4.69) is 0 Å². The fourth-order valence-electron chi connectivity index (χ4n) is 1.86. The minimum Gasteiger partial charge on any atom is -0.378 e. The van der Waals surface area contributed by atoms with Gasteiger partial charge in [0.15, 0.2) is 0 Å². The van der Waals surface area contributed by atoms with Crippen LogP contribution in [0.2, 0.25) is 0 Å². The molecule has 1 fully saturated rings. The molecule has 0 N–H and O–H groups in total. The van der Waals surface area contributed by atoms with Gasteiger partial charge in [-0.15, -0.1) is 0 Å². The number of carbonyl (C=O) groups is 2. The van der Waals surface area contributed by atoms with Gasteiger partial charge in [0, 0.05) is 26.1 Å². The lowest BCUT2D eigenvalue weighted by molar-refractivity contribution is -0.143. The molecule has 5 heteroatoms. The molecule has 0 aromatic carbocycles. The molecule has 2 amide bonds. The van der Waals surface area contributed by atoms with Crippen LogP contribution in [0.1, 0.15) is 27.2 Å². The lowest BCUT2D eigenvalue weighted by Gasteiger charge is -2.32. The lowest BCUT2D eigenvalue weighted by atomic mass is 10.2. The summed E-state index contributed by atoms with van der Waals surface area (Å²) in [6.07, 6.45) is 0.857. The van der Waals surface area contributed by atoms with Crippen LogP contribution in [0.5, 0.6) is 0 Å². The van der Waals surface area contributed by atoms with Crippen LogP contribution in [0.4, 0.5) is 0 Å². The minimum atomic E-state index is -0.0408. The Hall–Kier alpha value is -1.10. The molecule has 1 unspecified atom stereocenters. The molecule has 0 spiro atoms. The summed E-state index contributed by atoms with van der Waals surface area (Å²) in [6.45, 7) is 8.12. The average Bonchev–Trinajstić information content (AvgIpc) is 2.35. The van der Waals surface area contributed by atoms with Gasteiger partial charge >= 0.3 is 0 Å². The molecule has 0 aliphatic carbocycles. The van der Waals surface area contributed by atoms with Crippen LogP contribution in [0, 0.1) is 0 Å². The molecule has 0 radical (unpaired) electrons. The highest BCUT2D eigenvalue weighted by molar-refractivity contribution is 5.84. The van der Waals surface area contributed by atoms with E-state index in [1.165, 1.54) is 6.92 Å². The van der Waals surface area contributed by atoms with E-state index in [4.69, 9.17) is 4.74 Å². The number of carbonyl (C=O) groups excluding carboxylic acids is 2. The van der Waals surface area contributed by atoms with E-state index >= 15 is 0 Å². The van der Waals surface area contributed by atoms with Crippen LogP contribution in [-0.2, 0) is 14.3 Å². The normalized spacial score (nSPS) is 17.7. The molecule has 17 heavy (non-hydrogen) atoms. The third-order valence-corrected chi connectivity index (χ3v) is 3.20. The standard InChI is InChI=1S/C12H22N2O3/c1-4-10(2)14(11(3)15)9-12(16)13-5-7-17-8-6-13/h10H,4-9H2,1-3H3. The number of morpholine rings is 1. The number of hydrogen-bond acceptors (Lipinski definition) is 3. The van der Waals surface area contributed by atoms with Gasteiger partial charge in [0.25, 0.3) is 0 Å². The highest BCUT2D eigenvalue weighted by atomic mass is 16.5. The number of nitrogens with zero attached hydrogens (tertiary/aromatic N) is 2. The van der Waals surface area contributed by atoms with Gasteiger partial charge in [0.05, 0.1) is 19.8 Å². The summed E-state index contributed by atoms with van der Waals surface area (Å²) in [5, 5.41) is 0. The van der Waals surface area contributed by atoms with E-state index in [0.29, 0.717) is 26.3 Å². The Morgan fingerprint density at radius 3 is 2.41 bits per heavy atom. The molecule has 1 aliphatic heterocycles. The molecular weight excluding hydrogens is 220 g/mol. The molecule has 1 heterocycles. The van der Waals surface area contributed by atoms with Crippen LogP contribution in [0.25, 0.3) is 0 Å². The van der Waals surface area contributed by atoms with Gasteiger partial charge in [0.1, 0.15) is 0 Å². The number of hydrogen-bond donors (Lipinski definition) is 0. The Bertz CT molecular complexity index is 275. The summed E-state index contributed by atoms with van der Waals surface area (Å²) >= 11 is 0. The Morgan fingerprint density at radius 1 is 1.35 bits per heavy atom. The summed E-state index contributed by atoms with van der Waals surface area (Å²) in [6, 6.07) is 0.109. The molecule has 1 atom stereocenters. The zero-order chi connectivity index (χ0) is 12.8. The van der Waals surface area contributed by atoms with Crippen LogP contribution < -0.4 is 0 Å². The van der Waals surface area contributed by atoms with Gasteiger partial charge in [-0.25, -0.2) is 0 Å². The molecular formula is C12H22N2O3. The second-order valence-electron chi connectivity index (χ2n) is 4.40. The second kappa shape index (κ2) is 6.59. The first kappa shape index (κ1) is 14.0. The van der Waals surface area contributed by atoms with Crippen LogP contribution in [-0.4, -0.2) is 60.5 Å². The first-order valence-corrected chi connectivity index (χ1v) is 6.19. The summed E-state index contributed by atoms with van der Waals surface area (Å²) in [5.41, 5.74) is 0. The smallest absolute Gasteiger partial charge is 0.242 e. The van der Waals surface area contributed by atoms with Gasteiger partial charge in [-0.1, -0.05) is 6.92 Å². The second-order valence-corrected chi connectivity index (χ2v) is 4.40. The highest BCUT2D eigenvalue weighted by Crippen LogP contribution is 2.06. The average molecular weight is 242 g/mol. The fourth-order valence-corrected chi connectivity index (χ4v) is 1.86. The quantitative estimate of drug-likeness (QED) is 0.721. The molecule has 0 aromatic heterocycles. The first-order valence-electron chi connectivity index (χ1n) is 6.19. The van der Waals surface area contributed by atoms with E-state index in [1.54, 1.807) is 9.80 Å². The van der Waals surface area contributed by atoms with Crippen molar-refractivity contribution < 1.29 is 14.3 Å². The zero-order valence-electron chi connectivity index (χ0n) is 10.9. The van der Waals surface area contributed by atoms with E-state index in [-0.39, 0.29) is 24.4 Å². The summed E-state index contributed by atoms with van der Waals surface area (Å²) in [7, 11) is 0. The molecule has 0 bridgehead atoms. The van der Waals surface area contributed by atoms with Crippen LogP contribution in [0.3, 0.4) is 0 Å². The maximum atomic E-state index is 12.0. The van der Waals surface area contributed by atoms with Gasteiger partial charge in [-0.2, -0.15) is 0 Å². The summed E-state index contributed by atoms with van der Waals surface area (Å²) in [4.78, 5) is 26.9. The van der Waals surface area contributed by atoms with Gasteiger partial charge in [0.2, 0.25) is 11.8 Å². The highest BCUT2D eigenvalue weighted by Gasteiger charge is 2.23. The van der Waals surface area contributed by atoms with Crippen molar-refractivity contribution in [3.05, 3.63) is 0 Å². The molecule has 1 rings (SSSR count). The molecule has 1 aliphatic rings. The fraction of sp³-hybridized carbons (Fsp3) is 0.833. The van der Waals surface area contributed by atoms with Crippen molar-refractivity contribution in [3.8, 4) is 0 Å². The van der Waals surface area contributed by atoms with E-state index in [1.807, 2.05) is 13.8 Å². The molecule has 0 saturated carbocycles. The Kier molecular flexibility index (Phi) is 5.41. The van der Waals surface area contributed by atoms with E-state index < -0.39 is 0 Å². The maximum Gasteiger partial charge on any atom is 0.242 e. The van der Waals surface area contributed by atoms with Crippen molar-refractivity contribution in [1.82, 2.24) is 9.80 Å². The number of ether oxygens (including phenoxy) is 1. The molecule has 5 nitrogen and oxygen atoms in total. The number of amides is 2. The van der Waals surface area contributed by atoms with E-state index in [9.17, 15) is 9.59 Å². The molecule has 0 aromatic rings. The van der Waals surface area contributed by atoms with Crippen molar-refractivity contribution in [2.75, 3.05) is 32.8 Å². The van der Waals surface area contributed by atoms with Gasteiger partial charge < -0.3 is 14.5 Å². The maximum absolute atomic E-state index is 12.0. The topological polar surface area (TPSA) is 49.9 Å². The zero-order valence-corrected chi connectivity index (χ0v) is 10.9. The van der Waals surface area contributed by atoms with Crippen molar-refractivity contribution >= 4 is 11.8 Å². The van der Waals surface area contributed by atoms with Gasteiger partial charge in [-0.3, -0.25) is 9.59 Å². The van der Waals surface area contributed by atoms with Crippen molar-refractivity contribution in [1.29, 1.82) is 0 Å². The Labute approximate surface area is 103 Å². The largest absolute Gasteiger partial charge is 0.378 e. The predicted octanol–water partition coefficient (Wildman–Crippen LogP) is 0.492. The molecule has 98 valence electrons. The predicted molar refractivity (Wildman–Crippen MR) is 64.5 cm³/mol. The van der Waals surface area contributed by atoms with E-state index in [0.717, 1.165) is 6.42 Å². The van der Waals surface area contributed by atoms with Crippen molar-refractivity contribution in [2.24, 2.45) is 0 Å². The monoisotopic (exact) mass is 242 g/mol. The van der Waals surface area contributed by atoms with Crippen molar-refractivity contribution in [2.45, 2.75) is 33.2 Å². The number of rotatable bonds is 4. The molecule has 1 saturated heterocycles. The summed E-state index contributed by atoms with van der Waals surface area (Å²) in [5.74, 6) is -0.0234. The third-order valence-electron chi connectivity index (χ3n) is 3.20. The third kappa shape index (κ3) is 4.00. The Morgan fingerprint density at radius 2 is 1.94 bits per heavy atom. The first-order chi connectivity index (χ1) is 8.06. The minimum absolute atomic E-state index is 0.0174. The SMILES string of the molecule is CCC(C)N(CC(=O)N1CCOCC1)C(C)=O. The van der Waals surface area contributed by atoms with Crippen LogP contribution in [0.15, 0.2) is 0 Å². The van der Waals surface area contributed by atoms with Crippen LogP contribution >= 0.6 is 0 Å². The van der Waals surface area contributed by atoms with Gasteiger partial charge in [-0.05, 0) is 13.3 Å².